The second-order valence-electron chi connectivity index (χ2n) is 27.9. The summed E-state index contributed by atoms with van der Waals surface area (Å²) < 4.78 is 32.4. The van der Waals surface area contributed by atoms with E-state index in [-0.39, 0.29) is 12.6 Å². The zero-order valence-corrected chi connectivity index (χ0v) is 46.6. The number of unbranched alkanes of at least 4 members (excludes halogenated alkanes) is 4. The van der Waals surface area contributed by atoms with Crippen LogP contribution in [0.5, 0.6) is 0 Å². The number of ether oxygens (including phenoxy) is 5. The van der Waals surface area contributed by atoms with E-state index in [0.29, 0.717) is 69.6 Å². The van der Waals surface area contributed by atoms with Crippen LogP contribution >= 0.6 is 0 Å². The van der Waals surface area contributed by atoms with E-state index in [0.717, 1.165) is 87.6 Å². The Morgan fingerprint density at radius 1 is 0.521 bits per heavy atom. The average molecular weight is 986 g/mol. The summed E-state index contributed by atoms with van der Waals surface area (Å²) in [6.45, 7) is 18.7. The average Bonchev–Trinajstić information content (AvgIpc) is 3.92. The highest BCUT2D eigenvalue weighted by Gasteiger charge is 2.61. The van der Waals surface area contributed by atoms with E-state index in [1.54, 1.807) is 0 Å². The van der Waals surface area contributed by atoms with Crippen LogP contribution in [-0.4, -0.2) is 63.3 Å². The molecule has 6 saturated carbocycles. The molecule has 2 aliphatic heterocycles. The lowest BCUT2D eigenvalue weighted by atomic mass is 9.46. The van der Waals surface area contributed by atoms with Crippen molar-refractivity contribution in [3.8, 4) is 0 Å². The van der Waals surface area contributed by atoms with Crippen LogP contribution in [0.15, 0.2) is 23.3 Å². The molecule has 7 heteroatoms. The Morgan fingerprint density at radius 3 is 1.38 bits per heavy atom. The van der Waals surface area contributed by atoms with Crippen LogP contribution in [0.3, 0.4) is 0 Å². The molecule has 7 nitrogen and oxygen atoms in total. The molecule has 71 heavy (non-hydrogen) atoms. The highest BCUT2D eigenvalue weighted by Crippen LogP contribution is 2.69. The second kappa shape index (κ2) is 23.0. The first kappa shape index (κ1) is 53.6. The summed E-state index contributed by atoms with van der Waals surface area (Å²) >= 11 is 0. The number of hydrogen-bond donors (Lipinski definition) is 2. The van der Waals surface area contributed by atoms with Gasteiger partial charge in [0.1, 0.15) is 0 Å². The van der Waals surface area contributed by atoms with Crippen molar-refractivity contribution in [3.05, 3.63) is 23.3 Å². The van der Waals surface area contributed by atoms with Gasteiger partial charge in [0.25, 0.3) is 0 Å². The lowest BCUT2D eigenvalue weighted by molar-refractivity contribution is -0.163. The summed E-state index contributed by atoms with van der Waals surface area (Å²) in [7, 11) is 0. The van der Waals surface area contributed by atoms with Gasteiger partial charge in [-0.2, -0.15) is 0 Å². The SMILES string of the molecule is C[C@H](N)[C@H]1CCC2C3CC=C4C[C@@H](C(CCCCCOC5CCCCO5)OC(CCCCCOC5CCCCO5)[C@H]5CC[C@@]6(C)C(=CCC7C6CC[C@@]6(C)C7CC[C@@H]6[C@H](C)N)C5)CC[C@]4(C)C3CC[C@@]21C. The van der Waals surface area contributed by atoms with Gasteiger partial charge in [0, 0.05) is 38.5 Å². The van der Waals surface area contributed by atoms with E-state index in [2.05, 4.69) is 53.7 Å². The highest BCUT2D eigenvalue weighted by molar-refractivity contribution is 5.27. The van der Waals surface area contributed by atoms with Gasteiger partial charge in [0.05, 0.1) is 12.2 Å². The van der Waals surface area contributed by atoms with Gasteiger partial charge in [-0.05, 0) is 262 Å². The molecule has 4 N–H and O–H groups in total. The smallest absolute Gasteiger partial charge is 0.157 e. The van der Waals surface area contributed by atoms with Gasteiger partial charge in [-0.1, -0.05) is 76.7 Å². The molecule has 0 aromatic rings. The van der Waals surface area contributed by atoms with Crippen molar-refractivity contribution in [1.29, 1.82) is 0 Å². The van der Waals surface area contributed by atoms with Crippen molar-refractivity contribution in [2.24, 2.45) is 92.3 Å². The van der Waals surface area contributed by atoms with Crippen LogP contribution in [0.1, 0.15) is 234 Å². The summed E-state index contributed by atoms with van der Waals surface area (Å²) in [5.41, 5.74) is 18.6. The van der Waals surface area contributed by atoms with Crippen molar-refractivity contribution >= 4 is 0 Å². The Labute approximate surface area is 435 Å². The molecule has 8 fully saturated rings. The van der Waals surface area contributed by atoms with Gasteiger partial charge in [-0.3, -0.25) is 0 Å². The van der Waals surface area contributed by atoms with E-state index in [4.69, 9.17) is 35.2 Å². The van der Waals surface area contributed by atoms with Gasteiger partial charge in [-0.15, -0.1) is 0 Å². The maximum absolute atomic E-state index is 8.00. The summed E-state index contributed by atoms with van der Waals surface area (Å²) in [4.78, 5) is 0. The van der Waals surface area contributed by atoms with E-state index in [9.17, 15) is 0 Å². The van der Waals surface area contributed by atoms with Crippen LogP contribution in [0.2, 0.25) is 0 Å². The molecule has 0 aromatic heterocycles. The highest BCUT2D eigenvalue weighted by atomic mass is 16.7. The molecule has 0 radical (unpaired) electrons. The summed E-state index contributed by atoms with van der Waals surface area (Å²) in [6, 6.07) is 0.632. The molecule has 2 saturated heterocycles. The molecular formula is C64H108N2O5. The van der Waals surface area contributed by atoms with E-state index in [1.165, 1.54) is 167 Å². The largest absolute Gasteiger partial charge is 0.374 e. The molecule has 10 rings (SSSR count). The third-order valence-electron chi connectivity index (χ3n) is 24.3. The number of rotatable bonds is 20. The zero-order chi connectivity index (χ0) is 49.4. The van der Waals surface area contributed by atoms with E-state index >= 15 is 0 Å². The summed E-state index contributed by atoms with van der Waals surface area (Å²) in [5, 5.41) is 0. The minimum atomic E-state index is 0.0146. The van der Waals surface area contributed by atoms with Gasteiger partial charge >= 0.3 is 0 Å². The van der Waals surface area contributed by atoms with Crippen molar-refractivity contribution in [2.75, 3.05) is 26.4 Å². The Bertz CT molecular complexity index is 1660. The lowest BCUT2D eigenvalue weighted by Gasteiger charge is -2.59. The Kier molecular flexibility index (Phi) is 17.4. The number of fused-ring (bicyclic) bond motifs is 10. The topological polar surface area (TPSA) is 98.2 Å². The predicted molar refractivity (Wildman–Crippen MR) is 289 cm³/mol. The molecule has 0 spiro atoms. The summed E-state index contributed by atoms with van der Waals surface area (Å²) in [6.07, 6.45) is 44.2. The molecule has 0 amide bonds. The first-order chi connectivity index (χ1) is 34.3. The standard InChI is InChI=1S/C64H108N2O5/c1-43(65)51-25-27-53-49-23-21-47-41-45(29-33-61(47,3)55(49)31-35-63(51,53)5)57(17-9-7-13-37-67-59-19-11-15-39-69-59)71-58(18-10-8-14-38-68-60-20-12-16-40-70-60)46-30-34-62(4)48(42-46)22-24-50-54-28-26-52(44(2)66)64(54,6)36-32-56(50)62/h21-22,43-46,49-60H,7-20,23-42,65-66H2,1-6H3/t43-,44-,45-,46-,49?,50?,51+,52+,53?,54?,55?,56?,57?,58?,59?,60?,61-,62-,63+,64+/m0/s1. The van der Waals surface area contributed by atoms with Crippen molar-refractivity contribution < 1.29 is 23.7 Å². The molecular weight excluding hydrogens is 877 g/mol. The normalized spacial score (nSPS) is 44.9. The molecule has 10 aliphatic rings. The Morgan fingerprint density at radius 2 is 0.972 bits per heavy atom. The van der Waals surface area contributed by atoms with Crippen LogP contribution < -0.4 is 11.5 Å². The summed E-state index contributed by atoms with van der Waals surface area (Å²) in [5.74, 6) is 7.64. The number of hydrogen-bond acceptors (Lipinski definition) is 7. The molecule has 20 atom stereocenters. The fraction of sp³-hybridized carbons (Fsp3) is 0.938. The lowest BCUT2D eigenvalue weighted by Crippen LogP contribution is -2.52. The third kappa shape index (κ3) is 10.9. The number of allylic oxidation sites excluding steroid dienone is 4. The quantitative estimate of drug-likeness (QED) is 0.0926. The van der Waals surface area contributed by atoms with Gasteiger partial charge in [0.2, 0.25) is 0 Å². The van der Waals surface area contributed by atoms with Crippen molar-refractivity contribution in [2.45, 2.75) is 271 Å². The molecule has 0 aromatic carbocycles. The Balaban J connectivity index is 0.850. The van der Waals surface area contributed by atoms with E-state index < -0.39 is 0 Å². The maximum Gasteiger partial charge on any atom is 0.157 e. The fourth-order valence-corrected chi connectivity index (χ4v) is 20.2. The molecule has 2 heterocycles. The second-order valence-corrected chi connectivity index (χ2v) is 27.9. The minimum absolute atomic E-state index is 0.0146. The fourth-order valence-electron chi connectivity index (χ4n) is 20.2. The first-order valence-electron chi connectivity index (χ1n) is 31.3. The monoisotopic (exact) mass is 985 g/mol. The van der Waals surface area contributed by atoms with Crippen molar-refractivity contribution in [1.82, 2.24) is 0 Å². The van der Waals surface area contributed by atoms with Gasteiger partial charge in [-0.25, -0.2) is 0 Å². The maximum atomic E-state index is 8.00. The molecule has 8 aliphatic carbocycles. The molecule has 0 bridgehead atoms. The van der Waals surface area contributed by atoms with Gasteiger partial charge in [0.15, 0.2) is 12.6 Å². The van der Waals surface area contributed by atoms with Crippen LogP contribution in [0, 0.1) is 80.8 Å². The first-order valence-corrected chi connectivity index (χ1v) is 31.3. The third-order valence-corrected chi connectivity index (χ3v) is 24.3. The van der Waals surface area contributed by atoms with E-state index in [1.807, 2.05) is 11.1 Å². The zero-order valence-electron chi connectivity index (χ0n) is 46.6. The van der Waals surface area contributed by atoms with Gasteiger partial charge < -0.3 is 35.2 Å². The van der Waals surface area contributed by atoms with Crippen LogP contribution in [-0.2, 0) is 23.7 Å². The predicted octanol–water partition coefficient (Wildman–Crippen LogP) is 15.0. The number of nitrogens with two attached hydrogens (primary N) is 2. The van der Waals surface area contributed by atoms with Crippen LogP contribution in [0.4, 0.5) is 0 Å². The van der Waals surface area contributed by atoms with Crippen molar-refractivity contribution in [3.63, 3.8) is 0 Å². The molecule has 10 unspecified atom stereocenters. The van der Waals surface area contributed by atoms with Crippen LogP contribution in [0.25, 0.3) is 0 Å². The Hall–Kier alpha value is -0.800. The molecule has 404 valence electrons. The minimum Gasteiger partial charge on any atom is -0.374 e.